The second-order valence-electron chi connectivity index (χ2n) is 8.56. The molecule has 1 aliphatic carbocycles. The molecule has 0 atom stereocenters. The van der Waals surface area contributed by atoms with E-state index >= 15 is 0 Å². The Morgan fingerprint density at radius 2 is 1.85 bits per heavy atom. The minimum atomic E-state index is -0.416. The molecule has 172 valence electrons. The van der Waals surface area contributed by atoms with Crippen molar-refractivity contribution < 1.29 is 9.53 Å². The summed E-state index contributed by atoms with van der Waals surface area (Å²) in [6.07, 6.45) is 11.3. The molecule has 2 aromatic heterocycles. The number of hydrogen-bond donors (Lipinski definition) is 1. The van der Waals surface area contributed by atoms with E-state index in [1.807, 2.05) is 66.9 Å². The number of carbonyl (C=O) groups is 1. The fourth-order valence-electron chi connectivity index (χ4n) is 4.38. The number of fused-ring (bicyclic) bond motifs is 1. The molecule has 0 bridgehead atoms. The maximum absolute atomic E-state index is 12.4. The van der Waals surface area contributed by atoms with E-state index in [2.05, 4.69) is 25.6 Å². The van der Waals surface area contributed by atoms with Crippen LogP contribution in [0.4, 0.5) is 5.82 Å². The molecule has 1 fully saturated rings. The van der Waals surface area contributed by atoms with E-state index < -0.39 is 5.97 Å². The monoisotopic (exact) mass is 515 g/mol. The van der Waals surface area contributed by atoms with Gasteiger partial charge in [0.05, 0.1) is 0 Å². The molecular formula is C28H26BrN3O2. The number of esters is 1. The van der Waals surface area contributed by atoms with Gasteiger partial charge < -0.3 is 10.1 Å². The smallest absolute Gasteiger partial charge is 0.336 e. The van der Waals surface area contributed by atoms with Crippen LogP contribution in [0.3, 0.4) is 0 Å². The van der Waals surface area contributed by atoms with Gasteiger partial charge in [0.15, 0.2) is 0 Å². The quantitative estimate of drug-likeness (QED) is 0.168. The lowest BCUT2D eigenvalue weighted by Crippen LogP contribution is -2.23. The van der Waals surface area contributed by atoms with Gasteiger partial charge in [-0.05, 0) is 64.7 Å². The van der Waals surface area contributed by atoms with E-state index in [1.54, 1.807) is 12.1 Å². The number of nitrogens with one attached hydrogen (secondary N) is 1. The van der Waals surface area contributed by atoms with Crippen molar-refractivity contribution in [2.75, 3.05) is 5.32 Å². The van der Waals surface area contributed by atoms with Gasteiger partial charge in [-0.3, -0.25) is 4.40 Å². The van der Waals surface area contributed by atoms with E-state index in [-0.39, 0.29) is 0 Å². The van der Waals surface area contributed by atoms with Crippen LogP contribution in [0.2, 0.25) is 0 Å². The van der Waals surface area contributed by atoms with Crippen LogP contribution in [0.25, 0.3) is 23.0 Å². The van der Waals surface area contributed by atoms with Crippen molar-refractivity contribution in [2.45, 2.75) is 38.1 Å². The molecular weight excluding hydrogens is 490 g/mol. The highest BCUT2D eigenvalue weighted by atomic mass is 79.9. The van der Waals surface area contributed by atoms with Crippen LogP contribution in [0.5, 0.6) is 5.75 Å². The highest BCUT2D eigenvalue weighted by Gasteiger charge is 2.20. The molecule has 1 saturated carbocycles. The second-order valence-corrected chi connectivity index (χ2v) is 9.47. The average Bonchev–Trinajstić information content (AvgIpc) is 3.21. The third-order valence-corrected chi connectivity index (χ3v) is 6.53. The lowest BCUT2D eigenvalue weighted by Gasteiger charge is -2.24. The highest BCUT2D eigenvalue weighted by Crippen LogP contribution is 2.33. The molecule has 6 heteroatoms. The molecule has 2 heterocycles. The van der Waals surface area contributed by atoms with Gasteiger partial charge in [-0.1, -0.05) is 61.7 Å². The first-order valence-electron chi connectivity index (χ1n) is 11.7. The van der Waals surface area contributed by atoms with Crippen molar-refractivity contribution in [3.63, 3.8) is 0 Å². The first kappa shape index (κ1) is 22.4. The lowest BCUT2D eigenvalue weighted by atomic mass is 9.95. The zero-order chi connectivity index (χ0) is 23.3. The predicted octanol–water partition coefficient (Wildman–Crippen LogP) is 7.13. The number of imidazole rings is 1. The van der Waals surface area contributed by atoms with E-state index in [0.717, 1.165) is 45.6 Å². The number of nitrogens with zero attached hydrogens (tertiary/aromatic N) is 2. The van der Waals surface area contributed by atoms with Crippen LogP contribution < -0.4 is 10.1 Å². The molecule has 5 rings (SSSR count). The molecule has 4 aromatic rings. The standard InChI is InChI=1S/C28H26BrN3O2/c29-22-15-16-25-31-27(28(32(25)19-22)30-23-11-5-2-6-12-23)21-10-7-13-24(18-21)34-26(33)17-14-20-8-3-1-4-9-20/h1,3-4,7-10,13-19,23,30H,2,5-6,11-12H2/b17-14+. The summed E-state index contributed by atoms with van der Waals surface area (Å²) in [5.41, 5.74) is 3.56. The number of pyridine rings is 1. The van der Waals surface area contributed by atoms with E-state index in [4.69, 9.17) is 9.72 Å². The second kappa shape index (κ2) is 10.3. The minimum absolute atomic E-state index is 0.416. The molecule has 0 saturated heterocycles. The number of hydrogen-bond acceptors (Lipinski definition) is 4. The number of halogens is 1. The molecule has 0 amide bonds. The van der Waals surface area contributed by atoms with Crippen LogP contribution in [-0.2, 0) is 4.79 Å². The van der Waals surface area contributed by atoms with Crippen molar-refractivity contribution in [3.8, 4) is 17.0 Å². The molecule has 5 nitrogen and oxygen atoms in total. The molecule has 2 aromatic carbocycles. The van der Waals surface area contributed by atoms with Crippen molar-refractivity contribution in [1.82, 2.24) is 9.38 Å². The van der Waals surface area contributed by atoms with Crippen molar-refractivity contribution >= 4 is 39.4 Å². The summed E-state index contributed by atoms with van der Waals surface area (Å²) in [7, 11) is 0. The Morgan fingerprint density at radius 3 is 2.68 bits per heavy atom. The Balaban J connectivity index is 1.43. The molecule has 0 aliphatic heterocycles. The van der Waals surface area contributed by atoms with Crippen molar-refractivity contribution in [3.05, 3.63) is 89.0 Å². The SMILES string of the molecule is O=C(/C=C/c1ccccc1)Oc1cccc(-c2nc3ccc(Br)cn3c2NC2CCCCC2)c1. The first-order valence-corrected chi connectivity index (χ1v) is 12.4. The molecule has 0 radical (unpaired) electrons. The summed E-state index contributed by atoms with van der Waals surface area (Å²) >= 11 is 3.59. The van der Waals surface area contributed by atoms with Crippen LogP contribution in [0, 0.1) is 0 Å². The third-order valence-electron chi connectivity index (χ3n) is 6.07. The van der Waals surface area contributed by atoms with Gasteiger partial charge in [0.1, 0.15) is 22.9 Å². The van der Waals surface area contributed by atoms with Gasteiger partial charge in [0.25, 0.3) is 0 Å². The van der Waals surface area contributed by atoms with Gasteiger partial charge in [0.2, 0.25) is 0 Å². The first-order chi connectivity index (χ1) is 16.7. The van der Waals surface area contributed by atoms with Gasteiger partial charge in [0, 0.05) is 28.4 Å². The number of anilines is 1. The van der Waals surface area contributed by atoms with Gasteiger partial charge >= 0.3 is 5.97 Å². The normalized spacial score (nSPS) is 14.5. The van der Waals surface area contributed by atoms with Gasteiger partial charge in [-0.25, -0.2) is 9.78 Å². The van der Waals surface area contributed by atoms with Gasteiger partial charge in [-0.15, -0.1) is 0 Å². The maximum Gasteiger partial charge on any atom is 0.336 e. The Morgan fingerprint density at radius 1 is 1.03 bits per heavy atom. The molecule has 0 unspecified atom stereocenters. The molecule has 1 N–H and O–H groups in total. The van der Waals surface area contributed by atoms with E-state index in [0.29, 0.717) is 11.8 Å². The number of aromatic nitrogens is 2. The highest BCUT2D eigenvalue weighted by molar-refractivity contribution is 9.10. The summed E-state index contributed by atoms with van der Waals surface area (Å²) in [6, 6.07) is 21.7. The Labute approximate surface area is 207 Å². The van der Waals surface area contributed by atoms with Crippen molar-refractivity contribution in [2.24, 2.45) is 0 Å². The predicted molar refractivity (Wildman–Crippen MR) is 140 cm³/mol. The summed E-state index contributed by atoms with van der Waals surface area (Å²) in [5, 5.41) is 3.76. The van der Waals surface area contributed by atoms with Crippen LogP contribution in [0.15, 0.2) is 83.5 Å². The third kappa shape index (κ3) is 5.23. The lowest BCUT2D eigenvalue weighted by molar-refractivity contribution is -0.128. The summed E-state index contributed by atoms with van der Waals surface area (Å²) in [6.45, 7) is 0. The Hall–Kier alpha value is -3.38. The Kier molecular flexibility index (Phi) is 6.77. The number of rotatable bonds is 6. The zero-order valence-electron chi connectivity index (χ0n) is 18.8. The summed E-state index contributed by atoms with van der Waals surface area (Å²) in [5.74, 6) is 1.04. The van der Waals surface area contributed by atoms with Crippen LogP contribution in [0.1, 0.15) is 37.7 Å². The summed E-state index contributed by atoms with van der Waals surface area (Å²) < 4.78 is 8.68. The van der Waals surface area contributed by atoms with E-state index in [9.17, 15) is 4.79 Å². The fourth-order valence-corrected chi connectivity index (χ4v) is 4.72. The zero-order valence-corrected chi connectivity index (χ0v) is 20.4. The minimum Gasteiger partial charge on any atom is -0.423 e. The van der Waals surface area contributed by atoms with Crippen LogP contribution in [-0.4, -0.2) is 21.4 Å². The van der Waals surface area contributed by atoms with Crippen molar-refractivity contribution in [1.29, 1.82) is 0 Å². The molecule has 34 heavy (non-hydrogen) atoms. The maximum atomic E-state index is 12.4. The molecule has 1 aliphatic rings. The largest absolute Gasteiger partial charge is 0.423 e. The van der Waals surface area contributed by atoms with Crippen LogP contribution >= 0.6 is 15.9 Å². The topological polar surface area (TPSA) is 55.6 Å². The fraction of sp³-hybridized carbons (Fsp3) is 0.214. The number of ether oxygens (including phenoxy) is 1. The van der Waals surface area contributed by atoms with Gasteiger partial charge in [-0.2, -0.15) is 0 Å². The average molecular weight is 516 g/mol. The summed E-state index contributed by atoms with van der Waals surface area (Å²) in [4.78, 5) is 17.3. The Bertz CT molecular complexity index is 1320. The van der Waals surface area contributed by atoms with E-state index in [1.165, 1.54) is 25.3 Å². The number of carbonyl (C=O) groups excluding carboxylic acids is 1. The number of benzene rings is 2. The molecule has 0 spiro atoms.